The molecule has 31 heavy (non-hydrogen) atoms. The van der Waals surface area contributed by atoms with Crippen molar-refractivity contribution in [3.05, 3.63) is 60.8 Å². The van der Waals surface area contributed by atoms with E-state index in [0.29, 0.717) is 11.8 Å². The fraction of sp³-hybridized carbons (Fsp3) is 0.304. The Morgan fingerprint density at radius 3 is 2.55 bits per heavy atom. The Labute approximate surface area is 188 Å². The van der Waals surface area contributed by atoms with Gasteiger partial charge in [0.1, 0.15) is 11.6 Å². The third-order valence-electron chi connectivity index (χ3n) is 4.59. The number of nitrogens with one attached hydrogen (secondary N) is 3. The first-order valence-electron chi connectivity index (χ1n) is 10.5. The van der Waals surface area contributed by atoms with Crippen LogP contribution in [0.1, 0.15) is 20.3 Å². The lowest BCUT2D eigenvalue weighted by Crippen LogP contribution is -2.30. The Bertz CT molecular complexity index is 937. The summed E-state index contributed by atoms with van der Waals surface area (Å²) in [5, 5.41) is 16.0. The van der Waals surface area contributed by atoms with Crippen LogP contribution in [0.5, 0.6) is 5.75 Å². The highest BCUT2D eigenvalue weighted by Gasteiger charge is 2.03. The number of phenolic OH excluding ortho intramolecular Hbond substituents is 1. The van der Waals surface area contributed by atoms with E-state index in [-0.39, 0.29) is 5.75 Å². The van der Waals surface area contributed by atoms with E-state index in [9.17, 15) is 5.11 Å². The van der Waals surface area contributed by atoms with Crippen molar-refractivity contribution in [2.24, 2.45) is 0 Å². The van der Waals surface area contributed by atoms with Gasteiger partial charge in [0.25, 0.3) is 0 Å². The molecule has 0 atom stereocenters. The van der Waals surface area contributed by atoms with Crippen molar-refractivity contribution in [3.63, 3.8) is 0 Å². The van der Waals surface area contributed by atoms with Gasteiger partial charge in [-0.15, -0.1) is 0 Å². The Hall–Kier alpha value is -2.81. The number of aromatic hydroxyl groups is 1. The molecule has 0 aliphatic heterocycles. The van der Waals surface area contributed by atoms with E-state index >= 15 is 0 Å². The average Bonchev–Trinajstić information content (AvgIpc) is 2.77. The molecule has 0 fully saturated rings. The predicted octanol–water partition coefficient (Wildman–Crippen LogP) is 5.00. The van der Waals surface area contributed by atoms with Gasteiger partial charge in [0.15, 0.2) is 0 Å². The van der Waals surface area contributed by atoms with Gasteiger partial charge in [-0.25, -0.2) is 4.98 Å². The van der Waals surface area contributed by atoms with Crippen LogP contribution in [0.3, 0.4) is 0 Å². The molecule has 0 spiro atoms. The minimum atomic E-state index is 0.202. The Morgan fingerprint density at radius 2 is 1.81 bits per heavy atom. The number of nitrogens with zero attached hydrogens (tertiary/aromatic N) is 3. The fourth-order valence-electron chi connectivity index (χ4n) is 3.04. The first kappa shape index (κ1) is 22.9. The molecule has 7 nitrogen and oxygen atoms in total. The van der Waals surface area contributed by atoms with Crippen molar-refractivity contribution in [1.82, 2.24) is 19.6 Å². The minimum absolute atomic E-state index is 0.202. The summed E-state index contributed by atoms with van der Waals surface area (Å²) in [6.07, 6.45) is 2.88. The SMILES string of the molecule is CCCN(CC)CCNSc1ccc(Nc2nccc(Nc3cccc(O)c3)n2)cc1. The molecule has 0 radical (unpaired) electrons. The second kappa shape index (κ2) is 12.1. The molecule has 0 aliphatic carbocycles. The van der Waals surface area contributed by atoms with Crippen LogP contribution < -0.4 is 15.4 Å². The van der Waals surface area contributed by atoms with E-state index in [0.717, 1.165) is 42.4 Å². The number of aromatic nitrogens is 2. The number of hydrogen-bond acceptors (Lipinski definition) is 8. The minimum Gasteiger partial charge on any atom is -0.508 e. The fourth-order valence-corrected chi connectivity index (χ4v) is 3.67. The summed E-state index contributed by atoms with van der Waals surface area (Å²) in [5.74, 6) is 1.34. The molecule has 0 saturated carbocycles. The Kier molecular flexibility index (Phi) is 8.96. The molecule has 1 heterocycles. The van der Waals surface area contributed by atoms with E-state index in [2.05, 4.69) is 56.2 Å². The number of likely N-dealkylation sites (N-methyl/N-ethyl adjacent to an activating group) is 1. The first-order chi connectivity index (χ1) is 15.2. The molecule has 164 valence electrons. The zero-order valence-electron chi connectivity index (χ0n) is 18.0. The lowest BCUT2D eigenvalue weighted by molar-refractivity contribution is 0.294. The number of rotatable bonds is 12. The summed E-state index contributed by atoms with van der Waals surface area (Å²) in [6, 6.07) is 16.8. The second-order valence-corrected chi connectivity index (χ2v) is 7.99. The van der Waals surface area contributed by atoms with E-state index in [1.54, 1.807) is 42.4 Å². The van der Waals surface area contributed by atoms with Gasteiger partial charge in [-0.3, -0.25) is 4.72 Å². The van der Waals surface area contributed by atoms with Crippen molar-refractivity contribution in [2.75, 3.05) is 36.8 Å². The molecular formula is C23H30N6OS. The molecule has 1 aromatic heterocycles. The van der Waals surface area contributed by atoms with Gasteiger partial charge in [0, 0.05) is 41.6 Å². The summed E-state index contributed by atoms with van der Waals surface area (Å²) < 4.78 is 3.43. The van der Waals surface area contributed by atoms with Gasteiger partial charge in [0.05, 0.1) is 0 Å². The van der Waals surface area contributed by atoms with Crippen molar-refractivity contribution in [1.29, 1.82) is 0 Å². The largest absolute Gasteiger partial charge is 0.508 e. The van der Waals surface area contributed by atoms with E-state index in [1.807, 2.05) is 18.2 Å². The molecule has 2 aromatic carbocycles. The molecule has 0 amide bonds. The van der Waals surface area contributed by atoms with Crippen LogP contribution in [-0.2, 0) is 0 Å². The van der Waals surface area contributed by atoms with Crippen LogP contribution in [0.4, 0.5) is 23.1 Å². The zero-order valence-corrected chi connectivity index (χ0v) is 18.8. The van der Waals surface area contributed by atoms with Crippen molar-refractivity contribution in [2.45, 2.75) is 25.2 Å². The second-order valence-electron chi connectivity index (χ2n) is 7.02. The normalized spacial score (nSPS) is 10.9. The van der Waals surface area contributed by atoms with E-state index < -0.39 is 0 Å². The van der Waals surface area contributed by atoms with Crippen LogP contribution >= 0.6 is 11.9 Å². The standard InChI is InChI=1S/C23H30N6OS/c1-3-15-29(4-2)16-14-25-31-21-10-8-18(9-11-21)27-23-24-13-12-22(28-23)26-19-6-5-7-20(30)17-19/h5-13,17,25,30H,3-4,14-16H2,1-2H3,(H2,24,26,27,28). The smallest absolute Gasteiger partial charge is 0.229 e. The van der Waals surface area contributed by atoms with Crippen molar-refractivity contribution in [3.8, 4) is 5.75 Å². The third-order valence-corrected chi connectivity index (χ3v) is 5.45. The highest BCUT2D eigenvalue weighted by atomic mass is 32.2. The van der Waals surface area contributed by atoms with Crippen LogP contribution in [0.15, 0.2) is 65.7 Å². The monoisotopic (exact) mass is 438 g/mol. The topological polar surface area (TPSA) is 85.3 Å². The zero-order chi connectivity index (χ0) is 21.9. The lowest BCUT2D eigenvalue weighted by atomic mass is 10.3. The quantitative estimate of drug-likeness (QED) is 0.232. The van der Waals surface area contributed by atoms with Gasteiger partial charge in [0.2, 0.25) is 5.95 Å². The molecule has 0 unspecified atom stereocenters. The molecule has 4 N–H and O–H groups in total. The van der Waals surface area contributed by atoms with Crippen LogP contribution in [0, 0.1) is 0 Å². The van der Waals surface area contributed by atoms with Crippen LogP contribution in [-0.4, -0.2) is 46.2 Å². The highest BCUT2D eigenvalue weighted by Crippen LogP contribution is 2.22. The van der Waals surface area contributed by atoms with E-state index in [4.69, 9.17) is 0 Å². The number of benzene rings is 2. The number of phenols is 1. The molecule has 3 aromatic rings. The Balaban J connectivity index is 1.49. The molecule has 0 aliphatic rings. The summed E-state index contributed by atoms with van der Waals surface area (Å²) in [5.41, 5.74) is 1.68. The maximum Gasteiger partial charge on any atom is 0.229 e. The number of anilines is 4. The maximum atomic E-state index is 9.59. The molecule has 0 bridgehead atoms. The average molecular weight is 439 g/mol. The maximum absolute atomic E-state index is 9.59. The summed E-state index contributed by atoms with van der Waals surface area (Å²) in [4.78, 5) is 12.4. The van der Waals surface area contributed by atoms with E-state index in [1.165, 1.54) is 6.42 Å². The number of hydrogen-bond donors (Lipinski definition) is 4. The van der Waals surface area contributed by atoms with Crippen LogP contribution in [0.25, 0.3) is 0 Å². The predicted molar refractivity (Wildman–Crippen MR) is 129 cm³/mol. The van der Waals surface area contributed by atoms with Gasteiger partial charge >= 0.3 is 0 Å². The lowest BCUT2D eigenvalue weighted by Gasteiger charge is -2.19. The van der Waals surface area contributed by atoms with Crippen molar-refractivity contribution < 1.29 is 5.11 Å². The Morgan fingerprint density at radius 1 is 0.968 bits per heavy atom. The van der Waals surface area contributed by atoms with Gasteiger partial charge in [-0.05, 0) is 73.9 Å². The van der Waals surface area contributed by atoms with Crippen LogP contribution in [0.2, 0.25) is 0 Å². The summed E-state index contributed by atoms with van der Waals surface area (Å²) in [6.45, 7) is 8.67. The highest BCUT2D eigenvalue weighted by molar-refractivity contribution is 7.97. The molecular weight excluding hydrogens is 408 g/mol. The molecule has 3 rings (SSSR count). The van der Waals surface area contributed by atoms with Gasteiger partial charge in [-0.1, -0.05) is 19.9 Å². The van der Waals surface area contributed by atoms with Gasteiger partial charge in [-0.2, -0.15) is 4.98 Å². The summed E-state index contributed by atoms with van der Waals surface area (Å²) in [7, 11) is 0. The van der Waals surface area contributed by atoms with Crippen molar-refractivity contribution >= 4 is 35.1 Å². The summed E-state index contributed by atoms with van der Waals surface area (Å²) >= 11 is 1.64. The molecule has 8 heteroatoms. The van der Waals surface area contributed by atoms with Gasteiger partial charge < -0.3 is 20.6 Å². The third kappa shape index (κ3) is 7.75. The first-order valence-corrected chi connectivity index (χ1v) is 11.4. The molecule has 0 saturated heterocycles.